The summed E-state index contributed by atoms with van der Waals surface area (Å²) in [7, 11) is 0.939. The van der Waals surface area contributed by atoms with E-state index in [9.17, 15) is 44.7 Å². The number of ether oxygens (including phenoxy) is 1. The van der Waals surface area contributed by atoms with Crippen molar-refractivity contribution in [1.82, 2.24) is 9.55 Å². The van der Waals surface area contributed by atoms with Crippen molar-refractivity contribution in [3.63, 3.8) is 0 Å². The first kappa shape index (κ1) is 26.2. The minimum absolute atomic E-state index is 0.402. The van der Waals surface area contributed by atoms with E-state index in [2.05, 4.69) is 0 Å². The fraction of sp³-hybridized carbons (Fsp3) is 0.600. The van der Waals surface area contributed by atoms with Gasteiger partial charge in [0.05, 0.1) is 18.1 Å². The van der Waals surface area contributed by atoms with E-state index in [-0.39, 0.29) is 0 Å². The van der Waals surface area contributed by atoms with Gasteiger partial charge in [0.15, 0.2) is 11.6 Å². The number of nitrogens with two attached hydrogens (primary N) is 1. The molecule has 1 aromatic heterocycles. The van der Waals surface area contributed by atoms with Gasteiger partial charge in [-0.25, -0.2) is 18.0 Å². The third kappa shape index (κ3) is 3.71. The molecule has 1 aliphatic heterocycles. The first-order valence-corrected chi connectivity index (χ1v) is 10.6. The van der Waals surface area contributed by atoms with Crippen molar-refractivity contribution in [3.05, 3.63) is 32.2 Å². The number of alkyl halides is 8. The number of fused-ring (bicyclic) bond motifs is 1. The number of nitrogens with zero attached hydrogens (tertiary/aromatic N) is 2. The van der Waals surface area contributed by atoms with Gasteiger partial charge in [-0.15, -0.1) is 0 Å². The smallest absolute Gasteiger partial charge is 0.415 e. The lowest BCUT2D eigenvalue weighted by atomic mass is 9.82. The SMILES string of the molecule is COc1c(N2CCC(C(N)(C(F)(F)F)C(F)(F)F)C2)c(F)c(C(F)F)c2c(=O)[nH]c(=O)n(C3CC3)c12. The highest BCUT2D eigenvalue weighted by Gasteiger charge is 2.72. The monoisotopic (exact) mass is 534 g/mol. The molecule has 1 saturated heterocycles. The summed E-state index contributed by atoms with van der Waals surface area (Å²) in [6.45, 7) is -1.75. The number of H-pyrrole nitrogens is 1. The van der Waals surface area contributed by atoms with E-state index in [0.717, 1.165) is 11.7 Å². The number of hydrogen-bond donors (Lipinski definition) is 2. The maximum Gasteiger partial charge on any atom is 0.415 e. The molecule has 1 aromatic carbocycles. The van der Waals surface area contributed by atoms with Crippen molar-refractivity contribution in [1.29, 1.82) is 0 Å². The highest BCUT2D eigenvalue weighted by atomic mass is 19.4. The first-order chi connectivity index (χ1) is 16.6. The number of hydrogen-bond acceptors (Lipinski definition) is 5. The highest BCUT2D eigenvalue weighted by molar-refractivity contribution is 5.94. The van der Waals surface area contributed by atoms with Crippen molar-refractivity contribution in [2.75, 3.05) is 25.1 Å². The second-order valence-electron chi connectivity index (χ2n) is 8.79. The summed E-state index contributed by atoms with van der Waals surface area (Å²) >= 11 is 0. The minimum atomic E-state index is -5.92. The number of rotatable bonds is 5. The largest absolute Gasteiger partial charge is 0.492 e. The van der Waals surface area contributed by atoms with E-state index in [1.54, 1.807) is 0 Å². The van der Waals surface area contributed by atoms with Crippen LogP contribution >= 0.6 is 0 Å². The van der Waals surface area contributed by atoms with Crippen LogP contribution in [0, 0.1) is 11.7 Å². The standard InChI is InChI=1S/C20H19F9N4O3/c1-36-14-12-10(16(34)31-17(35)33(12)8-2-3-8)9(15(22)23)11(21)13(14)32-5-4-7(6-32)18(30,19(24,25)26)20(27,28)29/h7-8,15H,2-6,30H2,1H3,(H,31,34,35). The van der Waals surface area contributed by atoms with Gasteiger partial charge in [0.25, 0.3) is 12.0 Å². The quantitative estimate of drug-likeness (QED) is 0.571. The van der Waals surface area contributed by atoms with Crippen LogP contribution < -0.4 is 26.6 Å². The van der Waals surface area contributed by atoms with E-state index in [4.69, 9.17) is 10.5 Å². The number of anilines is 1. The van der Waals surface area contributed by atoms with Crippen molar-refractivity contribution in [2.45, 2.75) is 49.6 Å². The van der Waals surface area contributed by atoms with Gasteiger partial charge in [0, 0.05) is 25.0 Å². The molecule has 0 spiro atoms. The minimum Gasteiger partial charge on any atom is -0.492 e. The summed E-state index contributed by atoms with van der Waals surface area (Å²) in [6.07, 6.45) is -15.5. The average Bonchev–Trinajstić information content (AvgIpc) is 3.46. The summed E-state index contributed by atoms with van der Waals surface area (Å²) in [5.41, 5.74) is -5.00. The zero-order valence-corrected chi connectivity index (χ0v) is 18.4. The van der Waals surface area contributed by atoms with Crippen LogP contribution in [0.15, 0.2) is 9.59 Å². The van der Waals surface area contributed by atoms with Gasteiger partial charge in [0.1, 0.15) is 11.2 Å². The number of aromatic amines is 1. The topological polar surface area (TPSA) is 93.3 Å². The highest BCUT2D eigenvalue weighted by Crippen LogP contribution is 2.51. The molecule has 1 unspecified atom stereocenters. The molecule has 7 nitrogen and oxygen atoms in total. The molecule has 3 N–H and O–H groups in total. The predicted octanol–water partition coefficient (Wildman–Crippen LogP) is 3.76. The summed E-state index contributed by atoms with van der Waals surface area (Å²) in [4.78, 5) is 27.5. The number of nitrogens with one attached hydrogen (secondary N) is 1. The Morgan fingerprint density at radius 2 is 1.64 bits per heavy atom. The van der Waals surface area contributed by atoms with Crippen LogP contribution in [0.25, 0.3) is 10.9 Å². The lowest BCUT2D eigenvalue weighted by Crippen LogP contribution is -2.68. The molecule has 200 valence electrons. The van der Waals surface area contributed by atoms with E-state index in [1.807, 2.05) is 4.98 Å². The zero-order chi connectivity index (χ0) is 27.0. The van der Waals surface area contributed by atoms with Crippen molar-refractivity contribution < 1.29 is 44.3 Å². The maximum atomic E-state index is 15.6. The Labute approximate surface area is 195 Å². The number of benzene rings is 1. The molecular weight excluding hydrogens is 515 g/mol. The van der Waals surface area contributed by atoms with Crippen LogP contribution in [0.2, 0.25) is 0 Å². The fourth-order valence-electron chi connectivity index (χ4n) is 4.79. The van der Waals surface area contributed by atoms with E-state index >= 15 is 4.39 Å². The molecule has 2 heterocycles. The van der Waals surface area contributed by atoms with Gasteiger partial charge < -0.3 is 15.4 Å². The Balaban J connectivity index is 1.98. The number of halogens is 9. The Kier molecular flexibility index (Phi) is 6.04. The molecule has 16 heteroatoms. The molecule has 2 aromatic rings. The van der Waals surface area contributed by atoms with Crippen LogP contribution in [0.1, 0.15) is 37.3 Å². The lowest BCUT2D eigenvalue weighted by Gasteiger charge is -2.38. The summed E-state index contributed by atoms with van der Waals surface area (Å²) in [6, 6.07) is -0.562. The van der Waals surface area contributed by atoms with Gasteiger partial charge in [-0.3, -0.25) is 14.3 Å². The number of methoxy groups -OCH3 is 1. The first-order valence-electron chi connectivity index (χ1n) is 10.6. The Hall–Kier alpha value is -2.91. The molecule has 4 rings (SSSR count). The second kappa shape index (κ2) is 8.31. The van der Waals surface area contributed by atoms with Crippen LogP contribution in [-0.2, 0) is 0 Å². The van der Waals surface area contributed by atoms with Gasteiger partial charge in [0.2, 0.25) is 5.54 Å². The molecule has 2 aliphatic rings. The Morgan fingerprint density at radius 1 is 1.06 bits per heavy atom. The zero-order valence-electron chi connectivity index (χ0n) is 18.4. The van der Waals surface area contributed by atoms with Crippen molar-refractivity contribution >= 4 is 16.6 Å². The molecule has 1 aliphatic carbocycles. The molecule has 1 atom stereocenters. The van der Waals surface area contributed by atoms with Gasteiger partial charge in [-0.05, 0) is 19.3 Å². The van der Waals surface area contributed by atoms with E-state index in [0.29, 0.717) is 17.7 Å². The van der Waals surface area contributed by atoms with Crippen LogP contribution in [0.5, 0.6) is 5.75 Å². The van der Waals surface area contributed by atoms with Crippen LogP contribution in [0.3, 0.4) is 0 Å². The average molecular weight is 534 g/mol. The van der Waals surface area contributed by atoms with Crippen LogP contribution in [-0.4, -0.2) is 47.6 Å². The van der Waals surface area contributed by atoms with Gasteiger partial charge in [-0.2, -0.15) is 26.3 Å². The van der Waals surface area contributed by atoms with Gasteiger partial charge in [-0.1, -0.05) is 0 Å². The summed E-state index contributed by atoms with van der Waals surface area (Å²) in [5, 5.41) is -0.899. The van der Waals surface area contributed by atoms with Crippen molar-refractivity contribution in [2.24, 2.45) is 11.7 Å². The Bertz CT molecular complexity index is 1300. The molecule has 2 fully saturated rings. The van der Waals surface area contributed by atoms with Crippen LogP contribution in [0.4, 0.5) is 45.2 Å². The lowest BCUT2D eigenvalue weighted by molar-refractivity contribution is -0.309. The molecule has 0 amide bonds. The molecule has 0 radical (unpaired) electrons. The Morgan fingerprint density at radius 3 is 2.11 bits per heavy atom. The van der Waals surface area contributed by atoms with Gasteiger partial charge >= 0.3 is 18.0 Å². The fourth-order valence-corrected chi connectivity index (χ4v) is 4.79. The number of aromatic nitrogens is 2. The summed E-state index contributed by atoms with van der Waals surface area (Å²) in [5.74, 6) is -4.72. The molecule has 1 saturated carbocycles. The van der Waals surface area contributed by atoms with E-state index in [1.165, 1.54) is 0 Å². The normalized spacial score (nSPS) is 19.6. The second-order valence-corrected chi connectivity index (χ2v) is 8.79. The molecule has 36 heavy (non-hydrogen) atoms. The molecule has 0 bridgehead atoms. The van der Waals surface area contributed by atoms with E-state index < -0.39 is 101 Å². The van der Waals surface area contributed by atoms with Crippen molar-refractivity contribution in [3.8, 4) is 5.75 Å². The maximum absolute atomic E-state index is 15.6. The summed E-state index contributed by atoms with van der Waals surface area (Å²) < 4.78 is 131. The molecular formula is C20H19F9N4O3. The third-order valence-electron chi connectivity index (χ3n) is 6.71. The predicted molar refractivity (Wildman–Crippen MR) is 108 cm³/mol. The third-order valence-corrected chi connectivity index (χ3v) is 6.71.